The molecule has 1 aromatic rings. The number of rotatable bonds is 3. The number of H-pyrrole nitrogens is 1. The van der Waals surface area contributed by atoms with Crippen LogP contribution < -0.4 is 10.9 Å². The lowest BCUT2D eigenvalue weighted by atomic mass is 9.68. The molecule has 0 bridgehead atoms. The van der Waals surface area contributed by atoms with Crippen molar-refractivity contribution in [1.29, 1.82) is 0 Å². The standard InChI is InChI=1S/C16H25N3O3/c1-15(2,3)11-6-8-16(22,9-7-11)10-17-14(21)12-4-5-13(20)19-18-12/h4-5,11,22H,6-10H2,1-3H3,(H,17,21)(H,19,20). The van der Waals surface area contributed by atoms with Gasteiger partial charge in [-0.05, 0) is 43.1 Å². The molecule has 6 nitrogen and oxygen atoms in total. The minimum atomic E-state index is -0.848. The Hall–Kier alpha value is -1.69. The Balaban J connectivity index is 1.88. The van der Waals surface area contributed by atoms with Gasteiger partial charge in [-0.2, -0.15) is 5.10 Å². The smallest absolute Gasteiger partial charge is 0.271 e. The molecule has 22 heavy (non-hydrogen) atoms. The summed E-state index contributed by atoms with van der Waals surface area (Å²) < 4.78 is 0. The van der Waals surface area contributed by atoms with E-state index in [1.54, 1.807) is 0 Å². The molecule has 0 unspecified atom stereocenters. The van der Waals surface area contributed by atoms with Gasteiger partial charge in [-0.1, -0.05) is 20.8 Å². The maximum absolute atomic E-state index is 12.0. The first-order valence-electron chi connectivity index (χ1n) is 7.76. The first kappa shape index (κ1) is 16.7. The number of aromatic amines is 1. The average molecular weight is 307 g/mol. The molecule has 122 valence electrons. The summed E-state index contributed by atoms with van der Waals surface area (Å²) in [6.07, 6.45) is 3.31. The minimum Gasteiger partial charge on any atom is -0.388 e. The van der Waals surface area contributed by atoms with Crippen LogP contribution in [0.2, 0.25) is 0 Å². The Morgan fingerprint density at radius 3 is 2.55 bits per heavy atom. The molecule has 0 saturated heterocycles. The molecular weight excluding hydrogens is 282 g/mol. The predicted octanol–water partition coefficient (Wildman–Crippen LogP) is 1.47. The zero-order chi connectivity index (χ0) is 16.4. The molecule has 0 aromatic carbocycles. The monoisotopic (exact) mass is 307 g/mol. The maximum Gasteiger partial charge on any atom is 0.271 e. The van der Waals surface area contributed by atoms with Crippen LogP contribution in [0.3, 0.4) is 0 Å². The zero-order valence-electron chi connectivity index (χ0n) is 13.5. The van der Waals surface area contributed by atoms with Crippen molar-refractivity contribution in [3.05, 3.63) is 28.2 Å². The summed E-state index contributed by atoms with van der Waals surface area (Å²) in [6, 6.07) is 2.62. The van der Waals surface area contributed by atoms with Crippen molar-refractivity contribution in [3.8, 4) is 0 Å². The number of amides is 1. The van der Waals surface area contributed by atoms with E-state index in [4.69, 9.17) is 0 Å². The van der Waals surface area contributed by atoms with E-state index in [1.165, 1.54) is 12.1 Å². The van der Waals surface area contributed by atoms with Crippen molar-refractivity contribution in [3.63, 3.8) is 0 Å². The second-order valence-electron chi connectivity index (χ2n) is 7.35. The van der Waals surface area contributed by atoms with Gasteiger partial charge in [0.1, 0.15) is 5.69 Å². The SMILES string of the molecule is CC(C)(C)C1CCC(O)(CNC(=O)c2ccc(=O)[nH]n2)CC1. The van der Waals surface area contributed by atoms with Crippen molar-refractivity contribution in [2.45, 2.75) is 52.1 Å². The van der Waals surface area contributed by atoms with Crippen molar-refractivity contribution in [1.82, 2.24) is 15.5 Å². The van der Waals surface area contributed by atoms with E-state index in [-0.39, 0.29) is 29.1 Å². The average Bonchev–Trinajstić information content (AvgIpc) is 2.45. The third kappa shape index (κ3) is 4.16. The van der Waals surface area contributed by atoms with Crippen molar-refractivity contribution >= 4 is 5.91 Å². The molecule has 0 atom stereocenters. The Bertz CT molecular complexity index is 561. The lowest BCUT2D eigenvalue weighted by molar-refractivity contribution is -0.0228. The molecule has 1 fully saturated rings. The van der Waals surface area contributed by atoms with Crippen molar-refractivity contribution < 1.29 is 9.90 Å². The molecule has 2 rings (SSSR count). The highest BCUT2D eigenvalue weighted by Crippen LogP contribution is 2.41. The van der Waals surface area contributed by atoms with Crippen LogP contribution in [-0.4, -0.2) is 33.4 Å². The lowest BCUT2D eigenvalue weighted by Gasteiger charge is -2.41. The lowest BCUT2D eigenvalue weighted by Crippen LogP contribution is -2.46. The molecule has 0 radical (unpaired) electrons. The van der Waals surface area contributed by atoms with Crippen LogP contribution in [0, 0.1) is 11.3 Å². The number of carbonyl (C=O) groups is 1. The number of nitrogens with one attached hydrogen (secondary N) is 2. The van der Waals surface area contributed by atoms with Gasteiger partial charge >= 0.3 is 0 Å². The number of nitrogens with zero attached hydrogens (tertiary/aromatic N) is 1. The van der Waals surface area contributed by atoms with E-state index in [0.29, 0.717) is 18.8 Å². The summed E-state index contributed by atoms with van der Waals surface area (Å²) in [7, 11) is 0. The topological polar surface area (TPSA) is 95.1 Å². The molecule has 1 amide bonds. The second kappa shape index (κ2) is 6.20. The Morgan fingerprint density at radius 1 is 1.41 bits per heavy atom. The highest BCUT2D eigenvalue weighted by atomic mass is 16.3. The van der Waals surface area contributed by atoms with Gasteiger partial charge < -0.3 is 10.4 Å². The van der Waals surface area contributed by atoms with Crippen LogP contribution in [-0.2, 0) is 0 Å². The van der Waals surface area contributed by atoms with Crippen LogP contribution in [0.5, 0.6) is 0 Å². The third-order valence-corrected chi connectivity index (χ3v) is 4.63. The predicted molar refractivity (Wildman–Crippen MR) is 83.6 cm³/mol. The highest BCUT2D eigenvalue weighted by molar-refractivity contribution is 5.92. The van der Waals surface area contributed by atoms with E-state index in [0.717, 1.165) is 12.8 Å². The summed E-state index contributed by atoms with van der Waals surface area (Å²) in [5.74, 6) is 0.215. The molecule has 1 aliphatic carbocycles. The number of hydrogen-bond donors (Lipinski definition) is 3. The van der Waals surface area contributed by atoms with Gasteiger partial charge in [-0.3, -0.25) is 9.59 Å². The highest BCUT2D eigenvalue weighted by Gasteiger charge is 2.37. The van der Waals surface area contributed by atoms with Gasteiger partial charge in [0.15, 0.2) is 0 Å². The Labute approximate surface area is 130 Å². The Kier molecular flexibility index (Phi) is 4.70. The molecule has 0 spiro atoms. The summed E-state index contributed by atoms with van der Waals surface area (Å²) in [5, 5.41) is 19.2. The molecular formula is C16H25N3O3. The van der Waals surface area contributed by atoms with Gasteiger partial charge in [-0.15, -0.1) is 0 Å². The maximum atomic E-state index is 12.0. The summed E-state index contributed by atoms with van der Waals surface area (Å²) in [4.78, 5) is 22.9. The fourth-order valence-corrected chi connectivity index (χ4v) is 3.00. The summed E-state index contributed by atoms with van der Waals surface area (Å²) >= 11 is 0. The van der Waals surface area contributed by atoms with Gasteiger partial charge in [0, 0.05) is 12.6 Å². The van der Waals surface area contributed by atoms with Gasteiger partial charge in [-0.25, -0.2) is 5.10 Å². The molecule has 1 aliphatic rings. The fourth-order valence-electron chi connectivity index (χ4n) is 3.00. The van der Waals surface area contributed by atoms with Crippen LogP contribution in [0.4, 0.5) is 0 Å². The number of aliphatic hydroxyl groups is 1. The van der Waals surface area contributed by atoms with Crippen LogP contribution >= 0.6 is 0 Å². The van der Waals surface area contributed by atoms with E-state index >= 15 is 0 Å². The Morgan fingerprint density at radius 2 is 2.05 bits per heavy atom. The van der Waals surface area contributed by atoms with Crippen molar-refractivity contribution in [2.24, 2.45) is 11.3 Å². The molecule has 3 N–H and O–H groups in total. The van der Waals surface area contributed by atoms with Gasteiger partial charge in [0.25, 0.3) is 11.5 Å². The number of hydrogen-bond acceptors (Lipinski definition) is 4. The summed E-state index contributed by atoms with van der Waals surface area (Å²) in [5.41, 5.74) is -0.799. The number of carbonyl (C=O) groups excluding carboxylic acids is 1. The molecule has 1 aromatic heterocycles. The molecule has 1 saturated carbocycles. The molecule has 0 aliphatic heterocycles. The van der Waals surface area contributed by atoms with Gasteiger partial charge in [0.05, 0.1) is 5.60 Å². The zero-order valence-corrected chi connectivity index (χ0v) is 13.5. The van der Waals surface area contributed by atoms with E-state index in [9.17, 15) is 14.7 Å². The largest absolute Gasteiger partial charge is 0.388 e. The summed E-state index contributed by atoms with van der Waals surface area (Å²) in [6.45, 7) is 6.90. The fraction of sp³-hybridized carbons (Fsp3) is 0.688. The van der Waals surface area contributed by atoms with Crippen LogP contribution in [0.1, 0.15) is 56.9 Å². The normalized spacial score (nSPS) is 25.7. The van der Waals surface area contributed by atoms with Crippen LogP contribution in [0.25, 0.3) is 0 Å². The van der Waals surface area contributed by atoms with Gasteiger partial charge in [0.2, 0.25) is 0 Å². The second-order valence-corrected chi connectivity index (χ2v) is 7.35. The molecule has 6 heteroatoms. The minimum absolute atomic E-state index is 0.145. The molecule has 1 heterocycles. The van der Waals surface area contributed by atoms with Crippen molar-refractivity contribution in [2.75, 3.05) is 6.54 Å². The third-order valence-electron chi connectivity index (χ3n) is 4.63. The first-order valence-corrected chi connectivity index (χ1v) is 7.76. The quantitative estimate of drug-likeness (QED) is 0.788. The van der Waals surface area contributed by atoms with E-state index in [1.807, 2.05) is 0 Å². The first-order chi connectivity index (χ1) is 10.2. The number of aromatic nitrogens is 2. The van der Waals surface area contributed by atoms with Crippen LogP contribution in [0.15, 0.2) is 16.9 Å². The van der Waals surface area contributed by atoms with E-state index in [2.05, 4.69) is 36.3 Å². The van der Waals surface area contributed by atoms with E-state index < -0.39 is 5.60 Å².